The first kappa shape index (κ1) is 20.7. The maximum absolute atomic E-state index is 12.3. The minimum absolute atomic E-state index is 0.0814. The lowest BCUT2D eigenvalue weighted by Crippen LogP contribution is -2.50. The molecule has 0 heterocycles. The Bertz CT molecular complexity index is 662. The topological polar surface area (TPSA) is 78.5 Å². The molecule has 0 spiro atoms. The average molecular weight is 347 g/mol. The van der Waals surface area contributed by atoms with Gasteiger partial charge in [0.25, 0.3) is 0 Å². The Morgan fingerprint density at radius 1 is 1.16 bits per heavy atom. The van der Waals surface area contributed by atoms with E-state index in [4.69, 9.17) is 0 Å². The number of rotatable bonds is 5. The number of likely N-dealkylation sites (N-methyl/N-ethyl adjacent to an activating group) is 1. The van der Waals surface area contributed by atoms with Crippen LogP contribution in [0.1, 0.15) is 38.8 Å². The Kier molecular flexibility index (Phi) is 6.73. The van der Waals surface area contributed by atoms with E-state index in [2.05, 4.69) is 10.6 Å². The van der Waals surface area contributed by atoms with Gasteiger partial charge >= 0.3 is 0 Å². The lowest BCUT2D eigenvalue weighted by Gasteiger charge is -2.25. The quantitative estimate of drug-likeness (QED) is 0.857. The molecule has 0 radical (unpaired) electrons. The van der Waals surface area contributed by atoms with Crippen molar-refractivity contribution in [2.75, 3.05) is 18.9 Å². The largest absolute Gasteiger partial charge is 0.344 e. The first-order chi connectivity index (χ1) is 11.4. The fourth-order valence-electron chi connectivity index (χ4n) is 2.18. The molecular formula is C19H29N3O3. The molecule has 138 valence electrons. The molecule has 2 N–H and O–H groups in total. The summed E-state index contributed by atoms with van der Waals surface area (Å²) >= 11 is 0. The van der Waals surface area contributed by atoms with Gasteiger partial charge in [-0.2, -0.15) is 0 Å². The van der Waals surface area contributed by atoms with Gasteiger partial charge in [0.1, 0.15) is 6.04 Å². The summed E-state index contributed by atoms with van der Waals surface area (Å²) in [5.74, 6) is -0.797. The number of hydrogen-bond acceptors (Lipinski definition) is 3. The van der Waals surface area contributed by atoms with Gasteiger partial charge < -0.3 is 15.5 Å². The highest BCUT2D eigenvalue weighted by atomic mass is 16.2. The van der Waals surface area contributed by atoms with Crippen LogP contribution >= 0.6 is 0 Å². The summed E-state index contributed by atoms with van der Waals surface area (Å²) in [4.78, 5) is 37.8. The third-order valence-corrected chi connectivity index (χ3v) is 4.03. The van der Waals surface area contributed by atoms with E-state index in [1.165, 1.54) is 4.90 Å². The Balaban J connectivity index is 2.63. The molecule has 6 nitrogen and oxygen atoms in total. The zero-order valence-electron chi connectivity index (χ0n) is 16.2. The molecule has 1 unspecified atom stereocenters. The molecule has 0 saturated heterocycles. The van der Waals surface area contributed by atoms with Gasteiger partial charge in [-0.25, -0.2) is 0 Å². The molecule has 0 aliphatic carbocycles. The lowest BCUT2D eigenvalue weighted by molar-refractivity contribution is -0.138. The summed E-state index contributed by atoms with van der Waals surface area (Å²) in [6.07, 6.45) is 0. The van der Waals surface area contributed by atoms with Crippen LogP contribution in [0.4, 0.5) is 5.69 Å². The molecule has 0 aliphatic heterocycles. The van der Waals surface area contributed by atoms with Crippen LogP contribution in [-0.4, -0.2) is 42.3 Å². The van der Waals surface area contributed by atoms with Crippen LogP contribution in [-0.2, 0) is 14.4 Å². The molecule has 0 saturated carbocycles. The molecule has 1 rings (SSSR count). The van der Waals surface area contributed by atoms with Crippen LogP contribution in [0.3, 0.4) is 0 Å². The highest BCUT2D eigenvalue weighted by molar-refractivity contribution is 5.96. The summed E-state index contributed by atoms with van der Waals surface area (Å²) in [7, 11) is 1.55. The number of nitrogens with zero attached hydrogens (tertiary/aromatic N) is 1. The number of anilines is 1. The molecular weight excluding hydrogens is 318 g/mol. The normalized spacial score (nSPS) is 12.3. The second-order valence-corrected chi connectivity index (χ2v) is 7.44. The Morgan fingerprint density at radius 3 is 2.32 bits per heavy atom. The molecule has 0 aliphatic rings. The van der Waals surface area contributed by atoms with Gasteiger partial charge in [0.05, 0.1) is 6.54 Å². The fourth-order valence-corrected chi connectivity index (χ4v) is 2.18. The van der Waals surface area contributed by atoms with Gasteiger partial charge in [-0.3, -0.25) is 14.4 Å². The Hall–Kier alpha value is -2.37. The summed E-state index contributed by atoms with van der Waals surface area (Å²) in [6.45, 7) is 10.8. The van der Waals surface area contributed by atoms with E-state index < -0.39 is 11.5 Å². The molecule has 1 aromatic rings. The second-order valence-electron chi connectivity index (χ2n) is 7.44. The van der Waals surface area contributed by atoms with Crippen molar-refractivity contribution in [3.05, 3.63) is 29.3 Å². The van der Waals surface area contributed by atoms with Crippen molar-refractivity contribution in [2.24, 2.45) is 5.41 Å². The minimum atomic E-state index is -0.690. The highest BCUT2D eigenvalue weighted by Crippen LogP contribution is 2.18. The van der Waals surface area contributed by atoms with Gasteiger partial charge in [-0.15, -0.1) is 0 Å². The van der Waals surface area contributed by atoms with Crippen LogP contribution in [0, 0.1) is 19.3 Å². The molecule has 1 atom stereocenters. The van der Waals surface area contributed by atoms with E-state index >= 15 is 0 Å². The predicted molar refractivity (Wildman–Crippen MR) is 99.2 cm³/mol. The monoisotopic (exact) mass is 347 g/mol. The van der Waals surface area contributed by atoms with Crippen LogP contribution in [0.2, 0.25) is 0 Å². The van der Waals surface area contributed by atoms with Crippen molar-refractivity contribution in [2.45, 2.75) is 47.6 Å². The van der Waals surface area contributed by atoms with Crippen molar-refractivity contribution in [3.63, 3.8) is 0 Å². The number of nitrogens with one attached hydrogen (secondary N) is 2. The van der Waals surface area contributed by atoms with Crippen LogP contribution in [0.5, 0.6) is 0 Å². The van der Waals surface area contributed by atoms with E-state index in [1.54, 1.807) is 34.7 Å². The molecule has 25 heavy (non-hydrogen) atoms. The Labute approximate surface area is 150 Å². The number of aryl methyl sites for hydroxylation is 1. The van der Waals surface area contributed by atoms with E-state index in [0.29, 0.717) is 0 Å². The molecule has 3 amide bonds. The van der Waals surface area contributed by atoms with Crippen molar-refractivity contribution in [1.29, 1.82) is 0 Å². The van der Waals surface area contributed by atoms with Gasteiger partial charge in [0.15, 0.2) is 0 Å². The van der Waals surface area contributed by atoms with Crippen LogP contribution < -0.4 is 10.6 Å². The van der Waals surface area contributed by atoms with E-state index in [-0.39, 0.29) is 24.3 Å². The van der Waals surface area contributed by atoms with Crippen LogP contribution in [0.25, 0.3) is 0 Å². The maximum atomic E-state index is 12.3. The van der Waals surface area contributed by atoms with Crippen molar-refractivity contribution in [1.82, 2.24) is 10.2 Å². The maximum Gasteiger partial charge on any atom is 0.245 e. The predicted octanol–water partition coefficient (Wildman–Crippen LogP) is 2.25. The fraction of sp³-hybridized carbons (Fsp3) is 0.526. The number of amides is 3. The minimum Gasteiger partial charge on any atom is -0.344 e. The van der Waals surface area contributed by atoms with E-state index in [0.717, 1.165) is 16.8 Å². The first-order valence-electron chi connectivity index (χ1n) is 8.35. The van der Waals surface area contributed by atoms with Gasteiger partial charge in [0.2, 0.25) is 17.7 Å². The third-order valence-electron chi connectivity index (χ3n) is 4.03. The van der Waals surface area contributed by atoms with Crippen molar-refractivity contribution < 1.29 is 14.4 Å². The standard InChI is InChI=1S/C19H29N3O3/c1-12-9-8-10-15(13(12)2)21-16(23)11-22(7)17(24)14(3)20-18(25)19(4,5)6/h8-10,14H,11H2,1-7H3,(H,20,25)(H,21,23). The zero-order chi connectivity index (χ0) is 19.4. The number of carbonyl (C=O) groups is 3. The second kappa shape index (κ2) is 8.14. The van der Waals surface area contributed by atoms with E-state index in [9.17, 15) is 14.4 Å². The average Bonchev–Trinajstić information content (AvgIpc) is 2.49. The molecule has 0 fully saturated rings. The Morgan fingerprint density at radius 2 is 1.76 bits per heavy atom. The van der Waals surface area contributed by atoms with E-state index in [1.807, 2.05) is 32.0 Å². The lowest BCUT2D eigenvalue weighted by atomic mass is 9.95. The first-order valence-corrected chi connectivity index (χ1v) is 8.35. The molecule has 6 heteroatoms. The third kappa shape index (κ3) is 5.89. The zero-order valence-corrected chi connectivity index (χ0v) is 16.2. The highest BCUT2D eigenvalue weighted by Gasteiger charge is 2.27. The van der Waals surface area contributed by atoms with Gasteiger partial charge in [-0.1, -0.05) is 32.9 Å². The molecule has 0 aromatic heterocycles. The van der Waals surface area contributed by atoms with Crippen molar-refractivity contribution >= 4 is 23.4 Å². The summed E-state index contributed by atoms with van der Waals surface area (Å²) in [5.41, 5.74) is 2.24. The smallest absolute Gasteiger partial charge is 0.245 e. The summed E-state index contributed by atoms with van der Waals surface area (Å²) < 4.78 is 0. The number of carbonyl (C=O) groups excluding carboxylic acids is 3. The SMILES string of the molecule is Cc1cccc(NC(=O)CN(C)C(=O)C(C)NC(=O)C(C)(C)C)c1C. The van der Waals surface area contributed by atoms with Crippen LogP contribution in [0.15, 0.2) is 18.2 Å². The molecule has 0 bridgehead atoms. The van der Waals surface area contributed by atoms with Gasteiger partial charge in [-0.05, 0) is 38.0 Å². The summed E-state index contributed by atoms with van der Waals surface area (Å²) in [5, 5.41) is 5.50. The number of benzene rings is 1. The van der Waals surface area contributed by atoms with Gasteiger partial charge in [0, 0.05) is 18.2 Å². The number of hydrogen-bond donors (Lipinski definition) is 2. The molecule has 1 aromatic carbocycles. The summed E-state index contributed by atoms with van der Waals surface area (Å²) in [6, 6.07) is 4.98. The van der Waals surface area contributed by atoms with Crippen molar-refractivity contribution in [3.8, 4) is 0 Å².